The molecule has 2 heterocycles. The van der Waals surface area contributed by atoms with Gasteiger partial charge in [-0.05, 0) is 18.6 Å². The van der Waals surface area contributed by atoms with Crippen LogP contribution in [0.3, 0.4) is 0 Å². The number of nitrogens with one attached hydrogen (secondary N) is 2. The number of aryl methyl sites for hydroxylation is 1. The third kappa shape index (κ3) is 4.09. The van der Waals surface area contributed by atoms with Gasteiger partial charge in [-0.3, -0.25) is 0 Å². The molecule has 0 unspecified atom stereocenters. The Morgan fingerprint density at radius 2 is 2.00 bits per heavy atom. The van der Waals surface area contributed by atoms with E-state index in [0.717, 1.165) is 20.7 Å². The molecule has 2 aromatic heterocycles. The summed E-state index contributed by atoms with van der Waals surface area (Å²) >= 11 is 2.98. The molecule has 0 aliphatic heterocycles. The predicted molar refractivity (Wildman–Crippen MR) is 97.7 cm³/mol. The van der Waals surface area contributed by atoms with Crippen LogP contribution in [0, 0.1) is 6.92 Å². The highest BCUT2D eigenvalue weighted by atomic mass is 32.2. The Labute approximate surface area is 147 Å². The van der Waals surface area contributed by atoms with Crippen LogP contribution in [-0.2, 0) is 5.75 Å². The van der Waals surface area contributed by atoms with E-state index in [-0.39, 0.29) is 5.95 Å². The molecule has 0 amide bonds. The second kappa shape index (κ2) is 7.41. The number of benzene rings is 1. The van der Waals surface area contributed by atoms with E-state index in [1.165, 1.54) is 23.1 Å². The molecule has 0 bridgehead atoms. The van der Waals surface area contributed by atoms with Gasteiger partial charge in [0, 0.05) is 12.7 Å². The maximum atomic E-state index is 5.80. The van der Waals surface area contributed by atoms with Gasteiger partial charge in [0.2, 0.25) is 17.0 Å². The summed E-state index contributed by atoms with van der Waals surface area (Å²) in [6.45, 7) is 2.01. The molecule has 124 valence electrons. The zero-order valence-electron chi connectivity index (χ0n) is 13.1. The average molecular weight is 360 g/mol. The minimum atomic E-state index is 0.185. The van der Waals surface area contributed by atoms with Crippen molar-refractivity contribution in [2.24, 2.45) is 0 Å². The molecule has 0 radical (unpaired) electrons. The zero-order valence-corrected chi connectivity index (χ0v) is 14.8. The molecule has 0 fully saturated rings. The molecule has 0 aliphatic carbocycles. The van der Waals surface area contributed by atoms with Crippen molar-refractivity contribution < 1.29 is 0 Å². The van der Waals surface area contributed by atoms with Crippen LogP contribution in [-0.4, -0.2) is 32.2 Å². The van der Waals surface area contributed by atoms with Crippen LogP contribution in [0.5, 0.6) is 0 Å². The number of rotatable bonds is 6. The van der Waals surface area contributed by atoms with E-state index in [4.69, 9.17) is 5.73 Å². The molecule has 0 saturated carbocycles. The van der Waals surface area contributed by atoms with Gasteiger partial charge < -0.3 is 16.4 Å². The van der Waals surface area contributed by atoms with E-state index in [1.54, 1.807) is 0 Å². The summed E-state index contributed by atoms with van der Waals surface area (Å²) in [7, 11) is 1.81. The van der Waals surface area contributed by atoms with Crippen LogP contribution < -0.4 is 16.4 Å². The number of thioether (sulfide) groups is 1. The van der Waals surface area contributed by atoms with Gasteiger partial charge in [0.15, 0.2) is 4.34 Å². The molecule has 0 saturated heterocycles. The second-order valence-electron chi connectivity index (χ2n) is 4.79. The summed E-state index contributed by atoms with van der Waals surface area (Å²) in [5.74, 6) is 1.74. The molecule has 10 heteroatoms. The maximum Gasteiger partial charge on any atom is 0.232 e. The Bertz CT molecular complexity index is 835. The summed E-state index contributed by atoms with van der Waals surface area (Å²) in [5.41, 5.74) is 7.83. The van der Waals surface area contributed by atoms with Crippen LogP contribution in [0.2, 0.25) is 0 Å². The Balaban J connectivity index is 1.72. The van der Waals surface area contributed by atoms with Gasteiger partial charge >= 0.3 is 0 Å². The van der Waals surface area contributed by atoms with Crippen molar-refractivity contribution in [1.82, 2.24) is 25.1 Å². The van der Waals surface area contributed by atoms with Gasteiger partial charge in [0.25, 0.3) is 0 Å². The SMILES string of the molecule is CNc1nnc(SCc2nc(N)nc(Nc3ccccc3C)n2)s1. The number of hydrogen-bond acceptors (Lipinski definition) is 10. The molecule has 0 aliphatic rings. The standard InChI is InChI=1S/C14H16N8S2/c1-8-5-3-4-6-9(8)17-12-19-10(18-11(15)20-12)7-23-14-22-21-13(16-2)24-14/h3-6H,7H2,1-2H3,(H,16,21)(H3,15,17,18,19,20). The summed E-state index contributed by atoms with van der Waals surface area (Å²) in [6.07, 6.45) is 0. The first-order chi connectivity index (χ1) is 11.6. The Hall–Kier alpha value is -2.46. The van der Waals surface area contributed by atoms with Gasteiger partial charge in [-0.15, -0.1) is 10.2 Å². The fourth-order valence-corrected chi connectivity index (χ4v) is 3.45. The first-order valence-electron chi connectivity index (χ1n) is 7.11. The van der Waals surface area contributed by atoms with E-state index in [2.05, 4.69) is 35.8 Å². The number of anilines is 4. The van der Waals surface area contributed by atoms with Crippen LogP contribution in [0.15, 0.2) is 28.6 Å². The smallest absolute Gasteiger partial charge is 0.232 e. The van der Waals surface area contributed by atoms with E-state index in [0.29, 0.717) is 17.5 Å². The van der Waals surface area contributed by atoms with Crippen molar-refractivity contribution in [2.45, 2.75) is 17.0 Å². The number of nitrogens with zero attached hydrogens (tertiary/aromatic N) is 5. The normalized spacial score (nSPS) is 10.6. The lowest BCUT2D eigenvalue weighted by atomic mass is 10.2. The highest BCUT2D eigenvalue weighted by Gasteiger charge is 2.09. The molecule has 3 aromatic rings. The first-order valence-corrected chi connectivity index (χ1v) is 8.91. The average Bonchev–Trinajstić information content (AvgIpc) is 3.03. The molecule has 0 spiro atoms. The van der Waals surface area contributed by atoms with Gasteiger partial charge in [-0.1, -0.05) is 41.3 Å². The topological polar surface area (TPSA) is 115 Å². The first kappa shape index (κ1) is 16.4. The predicted octanol–water partition coefficient (Wildman–Crippen LogP) is 2.69. The minimum absolute atomic E-state index is 0.185. The third-order valence-corrected chi connectivity index (χ3v) is 5.11. The number of nitrogen functional groups attached to an aromatic ring is 1. The van der Waals surface area contributed by atoms with Gasteiger partial charge in [-0.25, -0.2) is 0 Å². The van der Waals surface area contributed by atoms with Gasteiger partial charge in [-0.2, -0.15) is 15.0 Å². The molecule has 3 rings (SSSR count). The highest BCUT2D eigenvalue weighted by molar-refractivity contribution is 8.00. The van der Waals surface area contributed by atoms with Crippen molar-refractivity contribution in [1.29, 1.82) is 0 Å². The van der Waals surface area contributed by atoms with E-state index in [9.17, 15) is 0 Å². The fourth-order valence-electron chi connectivity index (χ4n) is 1.89. The summed E-state index contributed by atoms with van der Waals surface area (Å²) < 4.78 is 0.840. The monoisotopic (exact) mass is 360 g/mol. The van der Waals surface area contributed by atoms with Crippen molar-refractivity contribution >= 4 is 45.8 Å². The van der Waals surface area contributed by atoms with Crippen molar-refractivity contribution in [3.63, 3.8) is 0 Å². The highest BCUT2D eigenvalue weighted by Crippen LogP contribution is 2.27. The molecular weight excluding hydrogens is 344 g/mol. The summed E-state index contributed by atoms with van der Waals surface area (Å²) in [5, 5.41) is 15.0. The number of hydrogen-bond donors (Lipinski definition) is 3. The summed E-state index contributed by atoms with van der Waals surface area (Å²) in [6, 6.07) is 7.90. The van der Waals surface area contributed by atoms with Crippen LogP contribution in [0.4, 0.5) is 22.7 Å². The Morgan fingerprint density at radius 1 is 1.17 bits per heavy atom. The fraction of sp³-hybridized carbons (Fsp3) is 0.214. The van der Waals surface area contributed by atoms with E-state index >= 15 is 0 Å². The lowest BCUT2D eigenvalue weighted by molar-refractivity contribution is 0.974. The number of nitrogens with two attached hydrogens (primary N) is 1. The van der Waals surface area contributed by atoms with Gasteiger partial charge in [0.05, 0.1) is 5.75 Å². The van der Waals surface area contributed by atoms with E-state index in [1.807, 2.05) is 38.2 Å². The quantitative estimate of drug-likeness (QED) is 0.571. The van der Waals surface area contributed by atoms with Gasteiger partial charge in [0.1, 0.15) is 5.82 Å². The minimum Gasteiger partial charge on any atom is -0.368 e. The zero-order chi connectivity index (χ0) is 16.9. The lowest BCUT2D eigenvalue weighted by Gasteiger charge is -2.09. The molecule has 4 N–H and O–H groups in total. The Kier molecular flexibility index (Phi) is 5.06. The molecule has 0 atom stereocenters. The molecular formula is C14H16N8S2. The molecule has 1 aromatic carbocycles. The van der Waals surface area contributed by atoms with Crippen LogP contribution in [0.1, 0.15) is 11.4 Å². The number of para-hydroxylation sites is 1. The van der Waals surface area contributed by atoms with E-state index < -0.39 is 0 Å². The molecule has 24 heavy (non-hydrogen) atoms. The van der Waals surface area contributed by atoms with Crippen LogP contribution in [0.25, 0.3) is 0 Å². The lowest BCUT2D eigenvalue weighted by Crippen LogP contribution is -2.07. The van der Waals surface area contributed by atoms with Crippen molar-refractivity contribution in [2.75, 3.05) is 23.4 Å². The number of aromatic nitrogens is 5. The van der Waals surface area contributed by atoms with Crippen molar-refractivity contribution in [3.8, 4) is 0 Å². The largest absolute Gasteiger partial charge is 0.368 e. The van der Waals surface area contributed by atoms with Crippen molar-refractivity contribution in [3.05, 3.63) is 35.7 Å². The summed E-state index contributed by atoms with van der Waals surface area (Å²) in [4.78, 5) is 12.7. The molecule has 8 nitrogen and oxygen atoms in total. The second-order valence-corrected chi connectivity index (χ2v) is 6.99. The maximum absolute atomic E-state index is 5.80. The third-order valence-electron chi connectivity index (χ3n) is 3.04. The van der Waals surface area contributed by atoms with Crippen LogP contribution >= 0.6 is 23.1 Å². The Morgan fingerprint density at radius 3 is 2.75 bits per heavy atom.